The molecular weight excluding hydrogens is 204 g/mol. The van der Waals surface area contributed by atoms with Crippen LogP contribution < -0.4 is 5.32 Å². The minimum Gasteiger partial charge on any atom is -0.294 e. The summed E-state index contributed by atoms with van der Waals surface area (Å²) >= 11 is 0. The molecule has 0 aromatic carbocycles. The van der Waals surface area contributed by atoms with Gasteiger partial charge in [0.2, 0.25) is 11.8 Å². The van der Waals surface area contributed by atoms with Gasteiger partial charge in [-0.05, 0) is 18.8 Å². The number of hydrogen-bond donors (Lipinski definition) is 1. The fourth-order valence-electron chi connectivity index (χ4n) is 3.04. The summed E-state index contributed by atoms with van der Waals surface area (Å²) < 4.78 is 0. The number of nitrogens with one attached hydrogen (secondary N) is 1. The summed E-state index contributed by atoms with van der Waals surface area (Å²) in [7, 11) is 0. The summed E-state index contributed by atoms with van der Waals surface area (Å²) in [4.78, 5) is 24.8. The van der Waals surface area contributed by atoms with Gasteiger partial charge < -0.3 is 0 Å². The Bertz CT molecular complexity index is 275. The van der Waals surface area contributed by atoms with Crippen LogP contribution in [0.5, 0.6) is 0 Å². The molecule has 2 atom stereocenters. The van der Waals surface area contributed by atoms with Crippen LogP contribution in [0.3, 0.4) is 0 Å². The summed E-state index contributed by atoms with van der Waals surface area (Å²) in [6.07, 6.45) is 6.06. The van der Waals surface area contributed by atoms with Crippen molar-refractivity contribution in [3.8, 4) is 0 Å². The van der Waals surface area contributed by atoms with Gasteiger partial charge in [-0.2, -0.15) is 0 Å². The van der Waals surface area contributed by atoms with Crippen molar-refractivity contribution in [2.45, 2.75) is 45.1 Å². The molecule has 2 rings (SSSR count). The van der Waals surface area contributed by atoms with Crippen LogP contribution in [-0.2, 0) is 9.59 Å². The van der Waals surface area contributed by atoms with E-state index in [1.165, 1.54) is 19.3 Å². The number of amides is 2. The third-order valence-electron chi connectivity index (χ3n) is 3.83. The second kappa shape index (κ2) is 4.95. The Morgan fingerprint density at radius 1 is 1.19 bits per heavy atom. The molecule has 1 saturated heterocycles. The Balaban J connectivity index is 2.03. The zero-order valence-electron chi connectivity index (χ0n) is 9.87. The highest BCUT2D eigenvalue weighted by Crippen LogP contribution is 2.30. The van der Waals surface area contributed by atoms with Crippen LogP contribution in [0.4, 0.5) is 0 Å². The number of imide groups is 1. The lowest BCUT2D eigenvalue weighted by Crippen LogP contribution is -2.56. The molecule has 1 saturated carbocycles. The van der Waals surface area contributed by atoms with Crippen LogP contribution in [-0.4, -0.2) is 35.8 Å². The molecule has 1 aliphatic carbocycles. The van der Waals surface area contributed by atoms with Gasteiger partial charge in [-0.25, -0.2) is 0 Å². The highest BCUT2D eigenvalue weighted by Gasteiger charge is 2.33. The van der Waals surface area contributed by atoms with E-state index >= 15 is 0 Å². The second-order valence-electron chi connectivity index (χ2n) is 4.90. The van der Waals surface area contributed by atoms with Crippen LogP contribution in [0, 0.1) is 5.92 Å². The van der Waals surface area contributed by atoms with Crippen molar-refractivity contribution in [1.29, 1.82) is 0 Å². The Hall–Kier alpha value is -0.900. The van der Waals surface area contributed by atoms with E-state index in [9.17, 15) is 9.59 Å². The zero-order chi connectivity index (χ0) is 11.5. The summed E-state index contributed by atoms with van der Waals surface area (Å²) in [5.74, 6) is 0.376. The van der Waals surface area contributed by atoms with Crippen LogP contribution >= 0.6 is 0 Å². The van der Waals surface area contributed by atoms with Crippen LogP contribution in [0.15, 0.2) is 0 Å². The maximum atomic E-state index is 11.3. The zero-order valence-corrected chi connectivity index (χ0v) is 9.87. The normalized spacial score (nSPS) is 32.6. The number of rotatable bonds is 2. The molecule has 90 valence electrons. The van der Waals surface area contributed by atoms with Crippen LogP contribution in [0.2, 0.25) is 0 Å². The summed E-state index contributed by atoms with van der Waals surface area (Å²) in [5, 5.41) is 2.36. The van der Waals surface area contributed by atoms with E-state index in [0.29, 0.717) is 25.0 Å². The van der Waals surface area contributed by atoms with E-state index in [1.54, 1.807) is 0 Å². The minimum atomic E-state index is -0.142. The highest BCUT2D eigenvalue weighted by atomic mass is 16.2. The molecule has 0 radical (unpaired) electrons. The van der Waals surface area contributed by atoms with Gasteiger partial charge in [0.25, 0.3) is 0 Å². The predicted octanol–water partition coefficient (Wildman–Crippen LogP) is 0.914. The number of carbonyl (C=O) groups is 2. The molecule has 4 heteroatoms. The average molecular weight is 224 g/mol. The quantitative estimate of drug-likeness (QED) is 0.709. The Labute approximate surface area is 96.4 Å². The van der Waals surface area contributed by atoms with E-state index in [4.69, 9.17) is 0 Å². The summed E-state index contributed by atoms with van der Waals surface area (Å²) in [6.45, 7) is 2.99. The predicted molar refractivity (Wildman–Crippen MR) is 60.8 cm³/mol. The first kappa shape index (κ1) is 11.6. The highest BCUT2D eigenvalue weighted by molar-refractivity contribution is 5.99. The fourth-order valence-corrected chi connectivity index (χ4v) is 3.04. The molecular formula is C12H20N2O2. The lowest BCUT2D eigenvalue weighted by atomic mass is 9.81. The van der Waals surface area contributed by atoms with Gasteiger partial charge in [-0.15, -0.1) is 0 Å². The lowest BCUT2D eigenvalue weighted by Gasteiger charge is -2.40. The van der Waals surface area contributed by atoms with Gasteiger partial charge in [0.15, 0.2) is 0 Å². The first-order chi connectivity index (χ1) is 7.70. The topological polar surface area (TPSA) is 49.4 Å². The molecule has 0 bridgehead atoms. The molecule has 0 aromatic rings. The summed E-state index contributed by atoms with van der Waals surface area (Å²) in [5.41, 5.74) is 0. The number of piperazine rings is 1. The maximum Gasteiger partial charge on any atom is 0.240 e. The van der Waals surface area contributed by atoms with E-state index in [-0.39, 0.29) is 11.8 Å². The van der Waals surface area contributed by atoms with Crippen LogP contribution in [0.25, 0.3) is 0 Å². The summed E-state index contributed by atoms with van der Waals surface area (Å²) in [6, 6.07) is 0.439. The van der Waals surface area contributed by atoms with Gasteiger partial charge in [0.05, 0.1) is 13.1 Å². The van der Waals surface area contributed by atoms with E-state index < -0.39 is 0 Å². The smallest absolute Gasteiger partial charge is 0.240 e. The molecule has 1 N–H and O–H groups in total. The molecule has 2 fully saturated rings. The third-order valence-corrected chi connectivity index (χ3v) is 3.83. The molecule has 2 amide bonds. The first-order valence-electron chi connectivity index (χ1n) is 6.27. The number of hydrogen-bond acceptors (Lipinski definition) is 3. The average Bonchev–Trinajstić information content (AvgIpc) is 2.27. The van der Waals surface area contributed by atoms with Crippen molar-refractivity contribution >= 4 is 11.8 Å². The SMILES string of the molecule is CCC1CCCCC1N1CC(=O)NC(=O)C1. The van der Waals surface area contributed by atoms with Crippen molar-refractivity contribution in [3.63, 3.8) is 0 Å². The molecule has 16 heavy (non-hydrogen) atoms. The van der Waals surface area contributed by atoms with Gasteiger partial charge in [0, 0.05) is 6.04 Å². The van der Waals surface area contributed by atoms with Gasteiger partial charge in [-0.3, -0.25) is 19.8 Å². The van der Waals surface area contributed by atoms with E-state index in [2.05, 4.69) is 17.1 Å². The molecule has 2 unspecified atom stereocenters. The van der Waals surface area contributed by atoms with Crippen molar-refractivity contribution in [2.75, 3.05) is 13.1 Å². The van der Waals surface area contributed by atoms with Crippen molar-refractivity contribution in [3.05, 3.63) is 0 Å². The monoisotopic (exact) mass is 224 g/mol. The Morgan fingerprint density at radius 2 is 1.81 bits per heavy atom. The lowest BCUT2D eigenvalue weighted by molar-refractivity contribution is -0.138. The number of carbonyl (C=O) groups excluding carboxylic acids is 2. The molecule has 2 aliphatic rings. The van der Waals surface area contributed by atoms with Crippen molar-refractivity contribution in [2.24, 2.45) is 5.92 Å². The van der Waals surface area contributed by atoms with Gasteiger partial charge >= 0.3 is 0 Å². The van der Waals surface area contributed by atoms with Crippen molar-refractivity contribution in [1.82, 2.24) is 10.2 Å². The number of nitrogens with zero attached hydrogens (tertiary/aromatic N) is 1. The molecule has 1 heterocycles. The standard InChI is InChI=1S/C12H20N2O2/c1-2-9-5-3-4-6-10(9)14-7-11(15)13-12(16)8-14/h9-10H,2-8H2,1H3,(H,13,15,16). The first-order valence-corrected chi connectivity index (χ1v) is 6.27. The molecule has 0 aromatic heterocycles. The maximum absolute atomic E-state index is 11.3. The van der Waals surface area contributed by atoms with E-state index in [0.717, 1.165) is 12.8 Å². The Morgan fingerprint density at radius 3 is 2.44 bits per heavy atom. The van der Waals surface area contributed by atoms with Gasteiger partial charge in [-0.1, -0.05) is 26.2 Å². The molecule has 4 nitrogen and oxygen atoms in total. The fraction of sp³-hybridized carbons (Fsp3) is 0.833. The van der Waals surface area contributed by atoms with Crippen LogP contribution in [0.1, 0.15) is 39.0 Å². The minimum absolute atomic E-state index is 0.142. The molecule has 1 aliphatic heterocycles. The largest absolute Gasteiger partial charge is 0.294 e. The van der Waals surface area contributed by atoms with Gasteiger partial charge in [0.1, 0.15) is 0 Å². The second-order valence-corrected chi connectivity index (χ2v) is 4.90. The van der Waals surface area contributed by atoms with Crippen molar-refractivity contribution < 1.29 is 9.59 Å². The molecule has 0 spiro atoms. The third kappa shape index (κ3) is 2.43. The van der Waals surface area contributed by atoms with E-state index in [1.807, 2.05) is 0 Å². The Kier molecular flexibility index (Phi) is 3.59.